The first-order valence-electron chi connectivity index (χ1n) is 13.5. The van der Waals surface area contributed by atoms with Crippen LogP contribution in [0, 0.1) is 0 Å². The molecule has 10 rings (SSSR count). The Morgan fingerprint density at radius 2 is 0.500 bits per heavy atom. The molecule has 0 aromatic rings. The SMILES string of the molecule is NC1(N)C=CC2=C(C=C1)C1(N)C3=C(C=CC(N)(N)C=C3)N2C2(N)C3=C(C=CC(N)(N)C=C3)N1C1=C2C=CC(N)(N)C=C1. The van der Waals surface area contributed by atoms with Gasteiger partial charge in [-0.2, -0.15) is 0 Å². The lowest BCUT2D eigenvalue weighted by Gasteiger charge is -2.61. The van der Waals surface area contributed by atoms with E-state index >= 15 is 0 Å². The molecule has 0 saturated heterocycles. The Bertz CT molecular complexity index is 1470. The standard InChI is InChI=1S/C30H36N12/c31-25(32)9-1-17-21(5-13-25)41-22-6-14-26(33,34)10-2-18(22)29(17,39)42-23-7-15-27(35,36)11-3-19(23)30(41,40)20-4-12-28(37,38)16-8-24(20)42/h1-16H,31-40H2. The zero-order valence-electron chi connectivity index (χ0n) is 22.9. The van der Waals surface area contributed by atoms with Gasteiger partial charge in [-0.1, -0.05) is 24.3 Å². The minimum atomic E-state index is -1.39. The summed E-state index contributed by atoms with van der Waals surface area (Å²) >= 11 is 0. The van der Waals surface area contributed by atoms with E-state index in [1.807, 2.05) is 58.4 Å². The zero-order chi connectivity index (χ0) is 30.1. The molecule has 12 heteroatoms. The second kappa shape index (κ2) is 7.92. The van der Waals surface area contributed by atoms with Crippen molar-refractivity contribution in [1.29, 1.82) is 0 Å². The van der Waals surface area contributed by atoms with Crippen LogP contribution in [0.4, 0.5) is 0 Å². The second-order valence-corrected chi connectivity index (χ2v) is 12.1. The Kier molecular flexibility index (Phi) is 5.08. The van der Waals surface area contributed by atoms with Gasteiger partial charge in [0, 0.05) is 22.3 Å². The van der Waals surface area contributed by atoms with Gasteiger partial charge < -0.3 is 67.1 Å². The van der Waals surface area contributed by atoms with Crippen molar-refractivity contribution < 1.29 is 0 Å². The molecule has 6 aliphatic heterocycles. The molecule has 10 aliphatic rings. The molecular formula is C30H36N12. The first kappa shape index (κ1) is 26.9. The highest BCUT2D eigenvalue weighted by Gasteiger charge is 2.60. The van der Waals surface area contributed by atoms with E-state index in [9.17, 15) is 0 Å². The van der Waals surface area contributed by atoms with Crippen LogP contribution < -0.4 is 57.3 Å². The third-order valence-electron chi connectivity index (χ3n) is 8.69. The molecule has 20 N–H and O–H groups in total. The highest BCUT2D eigenvalue weighted by molar-refractivity contribution is 5.72. The van der Waals surface area contributed by atoms with Crippen LogP contribution in [-0.4, -0.2) is 43.8 Å². The average molecular weight is 565 g/mol. The maximum Gasteiger partial charge on any atom is 0.149 e. The number of hydrogen-bond donors (Lipinski definition) is 10. The molecule has 4 aliphatic carbocycles. The largest absolute Gasteiger partial charge is 0.314 e. The molecule has 0 amide bonds. The lowest BCUT2D eigenvalue weighted by Crippen LogP contribution is -2.70. The normalized spacial score (nSPS) is 33.7. The van der Waals surface area contributed by atoms with Crippen molar-refractivity contribution in [2.24, 2.45) is 57.3 Å². The first-order valence-corrected chi connectivity index (χ1v) is 13.5. The van der Waals surface area contributed by atoms with Gasteiger partial charge >= 0.3 is 0 Å². The second-order valence-electron chi connectivity index (χ2n) is 12.1. The van der Waals surface area contributed by atoms with E-state index in [1.165, 1.54) is 0 Å². The Morgan fingerprint density at radius 3 is 0.714 bits per heavy atom. The summed E-state index contributed by atoms with van der Waals surface area (Å²) in [4.78, 5) is 4.01. The molecule has 0 spiro atoms. The van der Waals surface area contributed by atoms with E-state index < -0.39 is 34.0 Å². The number of allylic oxidation sites excluding steroid dienone is 4. The van der Waals surface area contributed by atoms with Crippen molar-refractivity contribution in [2.75, 3.05) is 0 Å². The molecule has 0 radical (unpaired) electrons. The smallest absolute Gasteiger partial charge is 0.149 e. The van der Waals surface area contributed by atoms with Gasteiger partial charge in [-0.05, 0) is 72.9 Å². The molecule has 4 bridgehead atoms. The predicted octanol–water partition coefficient (Wildman–Crippen LogP) is -2.08. The first-order chi connectivity index (χ1) is 19.5. The van der Waals surface area contributed by atoms with Crippen molar-refractivity contribution in [1.82, 2.24) is 9.80 Å². The lowest BCUT2D eigenvalue weighted by atomic mass is 9.72. The molecule has 12 nitrogen and oxygen atoms in total. The van der Waals surface area contributed by atoms with Crippen molar-refractivity contribution in [3.05, 3.63) is 142 Å². The van der Waals surface area contributed by atoms with E-state index in [-0.39, 0.29) is 0 Å². The van der Waals surface area contributed by atoms with Gasteiger partial charge in [-0.25, -0.2) is 0 Å². The monoisotopic (exact) mass is 564 g/mol. The summed E-state index contributed by atoms with van der Waals surface area (Å²) in [5, 5.41) is 0. The molecule has 6 heterocycles. The topological polar surface area (TPSA) is 267 Å². The third-order valence-corrected chi connectivity index (χ3v) is 8.69. The minimum absolute atomic E-state index is 0.678. The lowest BCUT2D eigenvalue weighted by molar-refractivity contribution is 0.169. The fourth-order valence-corrected chi connectivity index (χ4v) is 6.59. The van der Waals surface area contributed by atoms with E-state index in [1.54, 1.807) is 48.6 Å². The summed E-state index contributed by atoms with van der Waals surface area (Å²) in [6.45, 7) is 0. The Morgan fingerprint density at radius 1 is 0.310 bits per heavy atom. The van der Waals surface area contributed by atoms with E-state index in [2.05, 4.69) is 0 Å². The van der Waals surface area contributed by atoms with Crippen LogP contribution >= 0.6 is 0 Å². The highest BCUT2D eigenvalue weighted by atomic mass is 15.4. The van der Waals surface area contributed by atoms with Gasteiger partial charge in [0.2, 0.25) is 0 Å². The van der Waals surface area contributed by atoms with Crippen molar-refractivity contribution >= 4 is 0 Å². The van der Waals surface area contributed by atoms with Crippen molar-refractivity contribution in [3.63, 3.8) is 0 Å². The number of nitrogens with two attached hydrogens (primary N) is 10. The van der Waals surface area contributed by atoms with E-state index in [4.69, 9.17) is 57.3 Å². The van der Waals surface area contributed by atoms with Gasteiger partial charge in [0.15, 0.2) is 0 Å². The number of nitrogens with zero attached hydrogens (tertiary/aromatic N) is 2. The maximum absolute atomic E-state index is 7.76. The van der Waals surface area contributed by atoms with Crippen LogP contribution in [0.2, 0.25) is 0 Å². The van der Waals surface area contributed by atoms with Gasteiger partial charge in [-0.15, -0.1) is 0 Å². The highest BCUT2D eigenvalue weighted by Crippen LogP contribution is 2.57. The summed E-state index contributed by atoms with van der Waals surface area (Å²) in [6, 6.07) is 0. The van der Waals surface area contributed by atoms with Crippen molar-refractivity contribution in [3.8, 4) is 0 Å². The summed E-state index contributed by atoms with van der Waals surface area (Å²) < 4.78 is 0. The van der Waals surface area contributed by atoms with Crippen LogP contribution in [-0.2, 0) is 0 Å². The molecule has 0 aromatic heterocycles. The molecule has 0 atom stereocenters. The Hall–Kier alpha value is -3.92. The van der Waals surface area contributed by atoms with Gasteiger partial charge in [0.05, 0.1) is 22.8 Å². The third kappa shape index (κ3) is 3.53. The molecule has 0 fully saturated rings. The summed E-state index contributed by atoms with van der Waals surface area (Å²) in [6.07, 6.45) is 28.4. The molecule has 0 unspecified atom stereocenters. The number of rotatable bonds is 0. The minimum Gasteiger partial charge on any atom is -0.314 e. The van der Waals surface area contributed by atoms with Gasteiger partial charge in [-0.3, -0.25) is 0 Å². The molecule has 0 aromatic carbocycles. The van der Waals surface area contributed by atoms with E-state index in [0.717, 1.165) is 0 Å². The van der Waals surface area contributed by atoms with Crippen molar-refractivity contribution in [2.45, 2.75) is 34.0 Å². The molecule has 42 heavy (non-hydrogen) atoms. The quantitative estimate of drug-likeness (QED) is 0.142. The maximum atomic E-state index is 7.76. The van der Waals surface area contributed by atoms with E-state index in [0.29, 0.717) is 45.1 Å². The summed E-state index contributed by atoms with van der Waals surface area (Å²) in [5.41, 5.74) is 64.4. The van der Waals surface area contributed by atoms with Gasteiger partial charge in [0.25, 0.3) is 0 Å². The number of hydrogen-bond acceptors (Lipinski definition) is 12. The van der Waals surface area contributed by atoms with Crippen LogP contribution in [0.1, 0.15) is 0 Å². The summed E-state index contributed by atoms with van der Waals surface area (Å²) in [7, 11) is 0. The van der Waals surface area contributed by atoms with Crippen LogP contribution in [0.5, 0.6) is 0 Å². The average Bonchev–Trinajstić information content (AvgIpc) is 3.30. The Labute approximate surface area is 243 Å². The zero-order valence-corrected chi connectivity index (χ0v) is 22.9. The molecule has 0 saturated carbocycles. The fraction of sp³-hybridized carbons (Fsp3) is 0.200. The fourth-order valence-electron chi connectivity index (χ4n) is 6.59. The molecule has 216 valence electrons. The van der Waals surface area contributed by atoms with Gasteiger partial charge in [0.1, 0.15) is 34.0 Å². The Balaban J connectivity index is 1.66. The van der Waals surface area contributed by atoms with Crippen LogP contribution in [0.25, 0.3) is 0 Å². The summed E-state index contributed by atoms with van der Waals surface area (Å²) in [5.74, 6) is 0. The predicted molar refractivity (Wildman–Crippen MR) is 163 cm³/mol. The van der Waals surface area contributed by atoms with Crippen LogP contribution in [0.3, 0.4) is 0 Å². The molecular weight excluding hydrogens is 528 g/mol. The van der Waals surface area contributed by atoms with Crippen LogP contribution in [0.15, 0.2) is 142 Å².